The number of ether oxygens (including phenoxy) is 3. The second kappa shape index (κ2) is 10.9. The minimum atomic E-state index is -4.40. The maximum Gasteiger partial charge on any atom is 0.416 e. The van der Waals surface area contributed by atoms with Crippen LogP contribution in [0.25, 0.3) is 0 Å². The van der Waals surface area contributed by atoms with Crippen LogP contribution in [0.4, 0.5) is 13.2 Å². The van der Waals surface area contributed by atoms with Crippen molar-refractivity contribution in [2.75, 3.05) is 6.79 Å². The van der Waals surface area contributed by atoms with Crippen LogP contribution in [0.3, 0.4) is 0 Å². The lowest BCUT2D eigenvalue weighted by Crippen LogP contribution is -2.28. The Bertz CT molecular complexity index is 911. The molecule has 0 fully saturated rings. The lowest BCUT2D eigenvalue weighted by atomic mass is 10.1. The highest BCUT2D eigenvalue weighted by Gasteiger charge is 2.30. The average Bonchev–Trinajstić information content (AvgIpc) is 2.78. The molecule has 0 aliphatic heterocycles. The summed E-state index contributed by atoms with van der Waals surface area (Å²) in [5, 5.41) is 0. The van der Waals surface area contributed by atoms with Gasteiger partial charge in [-0.2, -0.15) is 13.2 Å². The Morgan fingerprint density at radius 2 is 1.62 bits per heavy atom. The van der Waals surface area contributed by atoms with E-state index in [0.29, 0.717) is 11.5 Å². The third kappa shape index (κ3) is 7.19. The van der Waals surface area contributed by atoms with Crippen LogP contribution < -0.4 is 15.0 Å². The molecule has 1 unspecified atom stereocenters. The Labute approximate surface area is 183 Å². The van der Waals surface area contributed by atoms with Gasteiger partial charge in [0.15, 0.2) is 6.10 Å². The van der Waals surface area contributed by atoms with Crippen molar-refractivity contribution < 1.29 is 37.0 Å². The molecule has 0 spiro atoms. The number of nitrogens with one attached hydrogen (secondary N) is 1. The Morgan fingerprint density at radius 3 is 2.22 bits per heavy atom. The molecular formula is C23H24F3NO5. The molecule has 9 heteroatoms. The lowest BCUT2D eigenvalue weighted by Gasteiger charge is -2.16. The molecule has 0 saturated carbocycles. The molecule has 1 N–H and O–H groups in total. The fourth-order valence-electron chi connectivity index (χ4n) is 2.94. The monoisotopic (exact) mass is 451 g/mol. The van der Waals surface area contributed by atoms with E-state index in [4.69, 9.17) is 19.0 Å². The fraction of sp³-hybridized carbons (Fsp3) is 0.348. The fourth-order valence-corrected chi connectivity index (χ4v) is 2.94. The first-order valence-corrected chi connectivity index (χ1v) is 10.2. The zero-order valence-electron chi connectivity index (χ0n) is 17.5. The van der Waals surface area contributed by atoms with Crippen molar-refractivity contribution in [1.82, 2.24) is 5.48 Å². The zero-order valence-corrected chi connectivity index (χ0v) is 17.5. The number of carbonyl (C=O) groups excluding carboxylic acids is 1. The van der Waals surface area contributed by atoms with Gasteiger partial charge in [-0.05, 0) is 81.1 Å². The van der Waals surface area contributed by atoms with Crippen molar-refractivity contribution in [3.8, 4) is 17.2 Å². The van der Waals surface area contributed by atoms with Crippen LogP contribution in [-0.2, 0) is 20.5 Å². The summed E-state index contributed by atoms with van der Waals surface area (Å²) >= 11 is 0. The predicted molar refractivity (Wildman–Crippen MR) is 110 cm³/mol. The Morgan fingerprint density at radius 1 is 1.00 bits per heavy atom. The first-order valence-electron chi connectivity index (χ1n) is 10.2. The summed E-state index contributed by atoms with van der Waals surface area (Å²) in [6, 6.07) is 10.7. The van der Waals surface area contributed by atoms with Crippen LogP contribution >= 0.6 is 0 Å². The molecule has 0 bridgehead atoms. The minimum Gasteiger partial charge on any atom is -0.479 e. The van der Waals surface area contributed by atoms with Gasteiger partial charge in [0.1, 0.15) is 17.2 Å². The van der Waals surface area contributed by atoms with Crippen LogP contribution in [0.15, 0.2) is 60.3 Å². The van der Waals surface area contributed by atoms with Crippen LogP contribution in [0.1, 0.15) is 38.2 Å². The molecule has 2 aromatic carbocycles. The van der Waals surface area contributed by atoms with Crippen LogP contribution in [0.2, 0.25) is 0 Å². The maximum absolute atomic E-state index is 12.6. The van der Waals surface area contributed by atoms with Crippen molar-refractivity contribution >= 4 is 5.97 Å². The predicted octanol–water partition coefficient (Wildman–Crippen LogP) is 5.74. The third-order valence-electron chi connectivity index (χ3n) is 4.64. The highest BCUT2D eigenvalue weighted by Crippen LogP contribution is 2.31. The van der Waals surface area contributed by atoms with E-state index >= 15 is 0 Å². The molecule has 172 valence electrons. The summed E-state index contributed by atoms with van der Waals surface area (Å²) < 4.78 is 53.9. The topological polar surface area (TPSA) is 66.0 Å². The molecule has 0 radical (unpaired) electrons. The summed E-state index contributed by atoms with van der Waals surface area (Å²) in [4.78, 5) is 17.2. The number of hydrogen-bond acceptors (Lipinski definition) is 6. The van der Waals surface area contributed by atoms with Gasteiger partial charge in [-0.25, -0.2) is 9.63 Å². The van der Waals surface area contributed by atoms with Gasteiger partial charge in [0.2, 0.25) is 6.79 Å². The molecular weight excluding hydrogens is 427 g/mol. The molecule has 3 rings (SSSR count). The van der Waals surface area contributed by atoms with Gasteiger partial charge in [-0.15, -0.1) is 0 Å². The molecule has 1 atom stereocenters. The highest BCUT2D eigenvalue weighted by atomic mass is 19.4. The summed E-state index contributed by atoms with van der Waals surface area (Å²) in [5.74, 6) is 0.486. The Balaban J connectivity index is 1.42. The van der Waals surface area contributed by atoms with Crippen molar-refractivity contribution in [1.29, 1.82) is 0 Å². The van der Waals surface area contributed by atoms with Gasteiger partial charge in [-0.1, -0.05) is 6.08 Å². The standard InChI is InChI=1S/C23H24F3NO5/c1-16(22(28)29-15-30-27-18-5-3-2-4-6-18)31-19-11-13-21(14-12-19)32-20-9-7-17(8-10-20)23(24,25)26/h5,7-14,16,27H,2-4,6,15H2,1H3. The summed E-state index contributed by atoms with van der Waals surface area (Å²) in [6.45, 7) is 1.30. The maximum atomic E-state index is 12.6. The largest absolute Gasteiger partial charge is 0.479 e. The van der Waals surface area contributed by atoms with E-state index < -0.39 is 23.8 Å². The number of carbonyl (C=O) groups is 1. The Hall–Kier alpha value is -3.20. The normalized spacial score (nSPS) is 14.8. The number of benzene rings is 2. The number of alkyl halides is 3. The van der Waals surface area contributed by atoms with Gasteiger partial charge in [-0.3, -0.25) is 5.48 Å². The van der Waals surface area contributed by atoms with Gasteiger partial charge >= 0.3 is 12.1 Å². The third-order valence-corrected chi connectivity index (χ3v) is 4.64. The molecule has 0 aromatic heterocycles. The van der Waals surface area contributed by atoms with E-state index in [1.54, 1.807) is 31.2 Å². The van der Waals surface area contributed by atoms with E-state index in [2.05, 4.69) is 11.6 Å². The molecule has 0 amide bonds. The number of rotatable bonds is 9. The number of hydroxylamine groups is 1. The van der Waals surface area contributed by atoms with E-state index in [-0.39, 0.29) is 12.5 Å². The molecule has 0 saturated heterocycles. The first-order chi connectivity index (χ1) is 15.3. The minimum absolute atomic E-state index is 0.246. The van der Waals surface area contributed by atoms with Crippen molar-refractivity contribution in [2.24, 2.45) is 0 Å². The molecule has 2 aromatic rings. The molecule has 1 aliphatic rings. The molecule has 6 nitrogen and oxygen atoms in total. The second-order valence-corrected chi connectivity index (χ2v) is 7.16. The van der Waals surface area contributed by atoms with Gasteiger partial charge < -0.3 is 14.2 Å². The van der Waals surface area contributed by atoms with Crippen molar-refractivity contribution in [3.05, 3.63) is 65.9 Å². The van der Waals surface area contributed by atoms with Crippen molar-refractivity contribution in [3.63, 3.8) is 0 Å². The van der Waals surface area contributed by atoms with Crippen LogP contribution in [-0.4, -0.2) is 18.9 Å². The van der Waals surface area contributed by atoms with Crippen LogP contribution in [0, 0.1) is 0 Å². The lowest BCUT2D eigenvalue weighted by molar-refractivity contribution is -0.168. The molecule has 0 heterocycles. The van der Waals surface area contributed by atoms with E-state index in [9.17, 15) is 18.0 Å². The number of halogens is 3. The molecule has 1 aliphatic carbocycles. The average molecular weight is 451 g/mol. The second-order valence-electron chi connectivity index (χ2n) is 7.16. The van der Waals surface area contributed by atoms with Crippen molar-refractivity contribution in [2.45, 2.75) is 44.9 Å². The van der Waals surface area contributed by atoms with Gasteiger partial charge in [0, 0.05) is 5.70 Å². The summed E-state index contributed by atoms with van der Waals surface area (Å²) in [7, 11) is 0. The van der Waals surface area contributed by atoms with Gasteiger partial charge in [0.25, 0.3) is 0 Å². The van der Waals surface area contributed by atoms with E-state index in [1.165, 1.54) is 12.1 Å². The highest BCUT2D eigenvalue weighted by molar-refractivity contribution is 5.74. The SMILES string of the molecule is CC(Oc1ccc(Oc2ccc(C(F)(F)F)cc2)cc1)C(=O)OCONC1=CCCCC1. The number of allylic oxidation sites excluding steroid dienone is 2. The van der Waals surface area contributed by atoms with Crippen LogP contribution in [0.5, 0.6) is 17.2 Å². The summed E-state index contributed by atoms with van der Waals surface area (Å²) in [5.41, 5.74) is 3.01. The summed E-state index contributed by atoms with van der Waals surface area (Å²) in [6.07, 6.45) is 0.969. The first kappa shape index (κ1) is 23.5. The van der Waals surface area contributed by atoms with E-state index in [1.807, 2.05) is 0 Å². The van der Waals surface area contributed by atoms with Gasteiger partial charge in [0.05, 0.1) is 5.56 Å². The number of esters is 1. The van der Waals surface area contributed by atoms with E-state index in [0.717, 1.165) is 43.5 Å². The quantitative estimate of drug-likeness (QED) is 0.227. The molecule has 32 heavy (non-hydrogen) atoms. The smallest absolute Gasteiger partial charge is 0.416 e. The number of hydrogen-bond donors (Lipinski definition) is 1. The zero-order chi connectivity index (χ0) is 23.0. The Kier molecular flexibility index (Phi) is 7.99.